The lowest BCUT2D eigenvalue weighted by molar-refractivity contribution is 0.477. The Bertz CT molecular complexity index is 337. The van der Waals surface area contributed by atoms with E-state index in [0.29, 0.717) is 5.02 Å². The highest BCUT2D eigenvalue weighted by Crippen LogP contribution is 2.27. The molecule has 1 aromatic heterocycles. The predicted molar refractivity (Wildman–Crippen MR) is 69.6 cm³/mol. The van der Waals surface area contributed by atoms with Gasteiger partial charge < -0.3 is 5.32 Å². The number of nitrogens with zero attached hydrogens (tertiary/aromatic N) is 1. The molecular weight excluding hydrogens is 275 g/mol. The van der Waals surface area contributed by atoms with Crippen molar-refractivity contribution in [2.24, 2.45) is 0 Å². The minimum absolute atomic E-state index is 0.0600. The second kappa shape index (κ2) is 5.17. The molecule has 0 aliphatic rings. The summed E-state index contributed by atoms with van der Waals surface area (Å²) in [5.41, 5.74) is 0.0600. The van der Waals surface area contributed by atoms with Crippen molar-refractivity contribution in [2.75, 3.05) is 5.32 Å². The van der Waals surface area contributed by atoms with Gasteiger partial charge >= 0.3 is 0 Å². The molecule has 84 valence electrons. The van der Waals surface area contributed by atoms with E-state index in [4.69, 9.17) is 11.6 Å². The molecule has 15 heavy (non-hydrogen) atoms. The maximum absolute atomic E-state index is 6.09. The van der Waals surface area contributed by atoms with E-state index in [0.717, 1.165) is 23.1 Å². The van der Waals surface area contributed by atoms with Crippen LogP contribution in [-0.2, 0) is 0 Å². The van der Waals surface area contributed by atoms with Gasteiger partial charge in [0.1, 0.15) is 5.82 Å². The van der Waals surface area contributed by atoms with Crippen LogP contribution in [-0.4, -0.2) is 10.5 Å². The zero-order valence-corrected chi connectivity index (χ0v) is 11.6. The van der Waals surface area contributed by atoms with E-state index < -0.39 is 0 Å². The summed E-state index contributed by atoms with van der Waals surface area (Å²) in [4.78, 5) is 4.27. The zero-order valence-electron chi connectivity index (χ0n) is 9.27. The maximum Gasteiger partial charge on any atom is 0.145 e. The summed E-state index contributed by atoms with van der Waals surface area (Å²) in [5, 5.41) is 4.04. The summed E-state index contributed by atoms with van der Waals surface area (Å²) < 4.78 is 0.896. The molecule has 2 nitrogen and oxygen atoms in total. The fourth-order valence-corrected chi connectivity index (χ4v) is 1.90. The molecule has 0 radical (unpaired) electrons. The number of halogens is 2. The number of hydrogen-bond acceptors (Lipinski definition) is 2. The maximum atomic E-state index is 6.09. The Kier molecular flexibility index (Phi) is 4.41. The molecule has 1 N–H and O–H groups in total. The third-order valence-electron chi connectivity index (χ3n) is 2.79. The summed E-state index contributed by atoms with van der Waals surface area (Å²) in [7, 11) is 0. The Balaban J connectivity index is 2.89. The van der Waals surface area contributed by atoms with E-state index >= 15 is 0 Å². The lowest BCUT2D eigenvalue weighted by Crippen LogP contribution is -2.33. The van der Waals surface area contributed by atoms with Crippen LogP contribution in [0.3, 0.4) is 0 Å². The van der Waals surface area contributed by atoms with E-state index in [9.17, 15) is 0 Å². The molecule has 4 heteroatoms. The molecule has 1 aromatic rings. The van der Waals surface area contributed by atoms with Crippen molar-refractivity contribution in [1.82, 2.24) is 4.98 Å². The molecule has 0 spiro atoms. The molecule has 0 aliphatic carbocycles. The Morgan fingerprint density at radius 2 is 2.07 bits per heavy atom. The van der Waals surface area contributed by atoms with Gasteiger partial charge in [0.05, 0.1) is 5.02 Å². The van der Waals surface area contributed by atoms with E-state index in [1.165, 1.54) is 0 Å². The lowest BCUT2D eigenvalue weighted by Gasteiger charge is -2.29. The number of pyridine rings is 1. The van der Waals surface area contributed by atoms with Crippen LogP contribution in [0.4, 0.5) is 5.82 Å². The number of aromatic nitrogens is 1. The van der Waals surface area contributed by atoms with Crippen molar-refractivity contribution in [3.8, 4) is 0 Å². The van der Waals surface area contributed by atoms with Gasteiger partial charge in [0.25, 0.3) is 0 Å². The number of hydrogen-bond donors (Lipinski definition) is 1. The van der Waals surface area contributed by atoms with Crippen LogP contribution in [0.2, 0.25) is 5.02 Å². The molecular formula is C11H16BrClN2. The molecule has 0 aromatic carbocycles. The van der Waals surface area contributed by atoms with Crippen LogP contribution < -0.4 is 5.32 Å². The fourth-order valence-electron chi connectivity index (χ4n) is 1.22. The van der Waals surface area contributed by atoms with Crippen LogP contribution in [0.15, 0.2) is 16.7 Å². The molecule has 0 unspecified atom stereocenters. The van der Waals surface area contributed by atoms with Crippen molar-refractivity contribution in [3.05, 3.63) is 21.8 Å². The van der Waals surface area contributed by atoms with Crippen LogP contribution >= 0.6 is 27.5 Å². The molecule has 0 saturated heterocycles. The highest BCUT2D eigenvalue weighted by atomic mass is 79.9. The van der Waals surface area contributed by atoms with Crippen LogP contribution in [0.5, 0.6) is 0 Å². The molecule has 1 heterocycles. The fraction of sp³-hybridized carbons (Fsp3) is 0.545. The molecule has 0 aliphatic heterocycles. The minimum atomic E-state index is 0.0600. The number of rotatable bonds is 4. The van der Waals surface area contributed by atoms with E-state index in [1.807, 2.05) is 6.07 Å². The Hall–Kier alpha value is -0.280. The van der Waals surface area contributed by atoms with Crippen LogP contribution in [0.25, 0.3) is 0 Å². The molecule has 0 bridgehead atoms. The van der Waals surface area contributed by atoms with Gasteiger partial charge in [-0.25, -0.2) is 4.98 Å². The molecule has 0 fully saturated rings. The van der Waals surface area contributed by atoms with Gasteiger partial charge in [-0.05, 0) is 41.8 Å². The first-order chi connectivity index (χ1) is 7.00. The van der Waals surface area contributed by atoms with Gasteiger partial charge in [0, 0.05) is 16.2 Å². The quantitative estimate of drug-likeness (QED) is 0.884. The average Bonchev–Trinajstić information content (AvgIpc) is 2.22. The van der Waals surface area contributed by atoms with Crippen molar-refractivity contribution >= 4 is 33.3 Å². The van der Waals surface area contributed by atoms with E-state index in [1.54, 1.807) is 6.20 Å². The van der Waals surface area contributed by atoms with Gasteiger partial charge in [-0.15, -0.1) is 0 Å². The normalized spacial score (nSPS) is 11.5. The summed E-state index contributed by atoms with van der Waals surface area (Å²) in [6.45, 7) is 6.49. The third kappa shape index (κ3) is 3.35. The van der Waals surface area contributed by atoms with Crippen LogP contribution in [0, 0.1) is 0 Å². The standard InChI is InChI=1S/C11H16BrClN2/c1-4-11(3,5-2)15-10-9(13)6-8(12)7-14-10/h6-7H,4-5H2,1-3H3,(H,14,15). The predicted octanol–water partition coefficient (Wildman–Crippen LogP) is 4.49. The van der Waals surface area contributed by atoms with E-state index in [2.05, 4.69) is 47.0 Å². The van der Waals surface area contributed by atoms with Crippen molar-refractivity contribution < 1.29 is 0 Å². The van der Waals surface area contributed by atoms with Crippen molar-refractivity contribution in [3.63, 3.8) is 0 Å². The van der Waals surface area contributed by atoms with Gasteiger partial charge in [0.2, 0.25) is 0 Å². The molecule has 0 amide bonds. The lowest BCUT2D eigenvalue weighted by atomic mass is 9.96. The number of nitrogens with one attached hydrogen (secondary N) is 1. The average molecular weight is 292 g/mol. The molecule has 0 atom stereocenters. The SMILES string of the molecule is CCC(C)(CC)Nc1ncc(Br)cc1Cl. The first kappa shape index (κ1) is 12.8. The van der Waals surface area contributed by atoms with E-state index in [-0.39, 0.29) is 5.54 Å². The molecule has 0 saturated carbocycles. The molecule has 1 rings (SSSR count). The summed E-state index contributed by atoms with van der Waals surface area (Å²) in [5.74, 6) is 0.756. The summed E-state index contributed by atoms with van der Waals surface area (Å²) >= 11 is 9.43. The highest BCUT2D eigenvalue weighted by molar-refractivity contribution is 9.10. The highest BCUT2D eigenvalue weighted by Gasteiger charge is 2.20. The van der Waals surface area contributed by atoms with Gasteiger partial charge in [-0.2, -0.15) is 0 Å². The van der Waals surface area contributed by atoms with Gasteiger partial charge in [-0.1, -0.05) is 25.4 Å². The zero-order chi connectivity index (χ0) is 11.5. The Morgan fingerprint density at radius 3 is 2.53 bits per heavy atom. The second-order valence-electron chi connectivity index (χ2n) is 3.88. The minimum Gasteiger partial charge on any atom is -0.364 e. The largest absolute Gasteiger partial charge is 0.364 e. The Morgan fingerprint density at radius 1 is 1.47 bits per heavy atom. The third-order valence-corrected chi connectivity index (χ3v) is 3.51. The Labute approximate surface area is 105 Å². The van der Waals surface area contributed by atoms with Crippen LogP contribution in [0.1, 0.15) is 33.6 Å². The monoisotopic (exact) mass is 290 g/mol. The topological polar surface area (TPSA) is 24.9 Å². The first-order valence-electron chi connectivity index (χ1n) is 5.10. The summed E-state index contributed by atoms with van der Waals surface area (Å²) in [6, 6.07) is 1.85. The number of anilines is 1. The summed E-state index contributed by atoms with van der Waals surface area (Å²) in [6.07, 6.45) is 3.83. The smallest absolute Gasteiger partial charge is 0.145 e. The van der Waals surface area contributed by atoms with Gasteiger partial charge in [-0.3, -0.25) is 0 Å². The first-order valence-corrected chi connectivity index (χ1v) is 6.27. The van der Waals surface area contributed by atoms with Gasteiger partial charge in [0.15, 0.2) is 0 Å². The van der Waals surface area contributed by atoms with Crippen molar-refractivity contribution in [2.45, 2.75) is 39.2 Å². The van der Waals surface area contributed by atoms with Crippen molar-refractivity contribution in [1.29, 1.82) is 0 Å². The second-order valence-corrected chi connectivity index (χ2v) is 5.20.